The van der Waals surface area contributed by atoms with E-state index < -0.39 is 11.4 Å². The third kappa shape index (κ3) is 3.88. The standard InChI is InChI=1S/C23H22Cl2N6O2/c1-13-3-4-20-16-9-23(11-32,6-5-19(16)29-30(20)10-13)27-22(33)21-17(24)7-15(8-18(21)25)31-12-26-14(2)28-31/h3-4,7-8,10,12,32H,5-6,9,11H2,1-2H3,(H,27,33)/t23-/m1/s1. The van der Waals surface area contributed by atoms with E-state index in [4.69, 9.17) is 23.2 Å². The Labute approximate surface area is 200 Å². The van der Waals surface area contributed by atoms with Gasteiger partial charge in [0.15, 0.2) is 0 Å². The van der Waals surface area contributed by atoms with Gasteiger partial charge in [-0.15, -0.1) is 0 Å². The number of hydrogen-bond donors (Lipinski definition) is 2. The quantitative estimate of drug-likeness (QED) is 0.461. The van der Waals surface area contributed by atoms with Crippen LogP contribution in [0, 0.1) is 13.8 Å². The molecule has 170 valence electrons. The SMILES string of the molecule is Cc1ccc2c3c(nn2c1)CC[C@@](CO)(NC(=O)c1c(Cl)cc(-n2cnc(C)n2)cc1Cl)C3. The van der Waals surface area contributed by atoms with Crippen LogP contribution < -0.4 is 5.32 Å². The minimum absolute atomic E-state index is 0.160. The van der Waals surface area contributed by atoms with Crippen LogP contribution in [0.4, 0.5) is 0 Å². The zero-order valence-electron chi connectivity index (χ0n) is 18.1. The van der Waals surface area contributed by atoms with E-state index in [9.17, 15) is 9.90 Å². The maximum absolute atomic E-state index is 13.3. The van der Waals surface area contributed by atoms with Gasteiger partial charge < -0.3 is 10.4 Å². The first kappa shape index (κ1) is 21.9. The highest BCUT2D eigenvalue weighted by molar-refractivity contribution is 6.40. The number of carbonyl (C=O) groups is 1. The maximum Gasteiger partial charge on any atom is 0.254 e. The van der Waals surface area contributed by atoms with Crippen molar-refractivity contribution in [2.24, 2.45) is 0 Å². The molecule has 1 aliphatic rings. The number of amides is 1. The monoisotopic (exact) mass is 484 g/mol. The summed E-state index contributed by atoms with van der Waals surface area (Å²) < 4.78 is 3.41. The Morgan fingerprint density at radius 1 is 1.21 bits per heavy atom. The summed E-state index contributed by atoms with van der Waals surface area (Å²) in [5.74, 6) is 0.171. The molecular weight excluding hydrogens is 463 g/mol. The van der Waals surface area contributed by atoms with Crippen LogP contribution in [0.5, 0.6) is 0 Å². The lowest BCUT2D eigenvalue weighted by atomic mass is 9.80. The molecule has 10 heteroatoms. The predicted molar refractivity (Wildman–Crippen MR) is 125 cm³/mol. The molecule has 5 rings (SSSR count). The Morgan fingerprint density at radius 2 is 1.97 bits per heavy atom. The normalized spacial score (nSPS) is 17.8. The van der Waals surface area contributed by atoms with E-state index in [1.54, 1.807) is 30.1 Å². The first-order valence-corrected chi connectivity index (χ1v) is 11.3. The fourth-order valence-electron chi connectivity index (χ4n) is 4.39. The Hall–Kier alpha value is -2.94. The van der Waals surface area contributed by atoms with Crippen LogP contribution in [0.1, 0.15) is 39.4 Å². The highest BCUT2D eigenvalue weighted by atomic mass is 35.5. The molecule has 4 aromatic rings. The van der Waals surface area contributed by atoms with Crippen LogP contribution in [0.3, 0.4) is 0 Å². The Balaban J connectivity index is 1.45. The van der Waals surface area contributed by atoms with Gasteiger partial charge in [0, 0.05) is 18.2 Å². The second kappa shape index (κ2) is 8.13. The first-order valence-electron chi connectivity index (χ1n) is 10.6. The number of benzene rings is 1. The molecular formula is C23H22Cl2N6O2. The summed E-state index contributed by atoms with van der Waals surface area (Å²) in [6.45, 7) is 3.57. The van der Waals surface area contributed by atoms with E-state index in [2.05, 4.69) is 20.5 Å². The van der Waals surface area contributed by atoms with Gasteiger partial charge in [0.1, 0.15) is 12.2 Å². The summed E-state index contributed by atoms with van der Waals surface area (Å²) in [4.78, 5) is 17.4. The van der Waals surface area contributed by atoms with Crippen molar-refractivity contribution in [1.82, 2.24) is 29.7 Å². The molecule has 0 radical (unpaired) electrons. The number of hydrogen-bond acceptors (Lipinski definition) is 5. The number of nitrogens with one attached hydrogen (secondary N) is 1. The van der Waals surface area contributed by atoms with Crippen LogP contribution in [-0.4, -0.2) is 47.5 Å². The Morgan fingerprint density at radius 3 is 2.64 bits per heavy atom. The molecule has 0 fully saturated rings. The van der Waals surface area contributed by atoms with E-state index in [1.807, 2.05) is 29.8 Å². The minimum Gasteiger partial charge on any atom is -0.394 e. The van der Waals surface area contributed by atoms with Crippen molar-refractivity contribution >= 4 is 34.6 Å². The number of nitrogens with zero attached hydrogens (tertiary/aromatic N) is 5. The first-order chi connectivity index (χ1) is 15.8. The molecule has 3 aromatic heterocycles. The van der Waals surface area contributed by atoms with Crippen LogP contribution in [0.2, 0.25) is 10.0 Å². The highest BCUT2D eigenvalue weighted by Gasteiger charge is 2.38. The molecule has 0 bridgehead atoms. The van der Waals surface area contributed by atoms with E-state index in [1.165, 1.54) is 0 Å². The highest BCUT2D eigenvalue weighted by Crippen LogP contribution is 2.33. The van der Waals surface area contributed by atoms with Gasteiger partial charge in [-0.25, -0.2) is 14.2 Å². The molecule has 1 aromatic carbocycles. The maximum atomic E-state index is 13.3. The van der Waals surface area contributed by atoms with Gasteiger partial charge in [0.2, 0.25) is 0 Å². The molecule has 3 heterocycles. The molecule has 0 spiro atoms. The van der Waals surface area contributed by atoms with Gasteiger partial charge in [0.05, 0.1) is 44.7 Å². The lowest BCUT2D eigenvalue weighted by Crippen LogP contribution is -2.55. The van der Waals surface area contributed by atoms with Gasteiger partial charge in [-0.05, 0) is 50.5 Å². The van der Waals surface area contributed by atoms with E-state index >= 15 is 0 Å². The lowest BCUT2D eigenvalue weighted by Gasteiger charge is -2.36. The van der Waals surface area contributed by atoms with Crippen molar-refractivity contribution in [2.45, 2.75) is 38.6 Å². The summed E-state index contributed by atoms with van der Waals surface area (Å²) in [6.07, 6.45) is 5.18. The van der Waals surface area contributed by atoms with Crippen LogP contribution in [-0.2, 0) is 12.8 Å². The van der Waals surface area contributed by atoms with E-state index in [0.717, 1.165) is 22.3 Å². The predicted octanol–water partition coefficient (Wildman–Crippen LogP) is 3.49. The number of carbonyl (C=O) groups excluding carboxylic acids is 1. The Bertz CT molecular complexity index is 1370. The zero-order valence-corrected chi connectivity index (χ0v) is 19.7. The largest absolute Gasteiger partial charge is 0.394 e. The molecule has 0 saturated heterocycles. The summed E-state index contributed by atoms with van der Waals surface area (Å²) in [6, 6.07) is 7.29. The van der Waals surface area contributed by atoms with Crippen molar-refractivity contribution in [1.29, 1.82) is 0 Å². The molecule has 33 heavy (non-hydrogen) atoms. The molecule has 0 unspecified atom stereocenters. The Kier molecular flexibility index (Phi) is 5.39. The van der Waals surface area contributed by atoms with Crippen LogP contribution >= 0.6 is 23.2 Å². The molecule has 1 atom stereocenters. The van der Waals surface area contributed by atoms with Gasteiger partial charge >= 0.3 is 0 Å². The van der Waals surface area contributed by atoms with E-state index in [0.29, 0.717) is 30.8 Å². The fraction of sp³-hybridized carbons (Fsp3) is 0.304. The lowest BCUT2D eigenvalue weighted by molar-refractivity contribution is 0.0808. The number of fused-ring (bicyclic) bond motifs is 3. The summed E-state index contributed by atoms with van der Waals surface area (Å²) in [5, 5.41) is 22.7. The molecule has 2 N–H and O–H groups in total. The number of halogens is 2. The van der Waals surface area contributed by atoms with Gasteiger partial charge in [-0.1, -0.05) is 29.3 Å². The van der Waals surface area contributed by atoms with Crippen LogP contribution in [0.15, 0.2) is 36.8 Å². The molecule has 0 aliphatic heterocycles. The minimum atomic E-state index is -0.840. The average molecular weight is 485 g/mol. The van der Waals surface area contributed by atoms with Crippen molar-refractivity contribution in [3.05, 3.63) is 75.0 Å². The smallest absolute Gasteiger partial charge is 0.254 e. The number of aliphatic hydroxyl groups is 1. The number of aryl methyl sites for hydroxylation is 3. The van der Waals surface area contributed by atoms with Gasteiger partial charge in [0.25, 0.3) is 5.91 Å². The zero-order chi connectivity index (χ0) is 23.3. The van der Waals surface area contributed by atoms with Crippen molar-refractivity contribution in [3.63, 3.8) is 0 Å². The number of pyridine rings is 1. The summed E-state index contributed by atoms with van der Waals surface area (Å²) in [7, 11) is 0. The van der Waals surface area contributed by atoms with Crippen molar-refractivity contribution < 1.29 is 9.90 Å². The molecule has 0 saturated carbocycles. The van der Waals surface area contributed by atoms with Gasteiger partial charge in [-0.3, -0.25) is 4.79 Å². The van der Waals surface area contributed by atoms with E-state index in [-0.39, 0.29) is 22.2 Å². The summed E-state index contributed by atoms with van der Waals surface area (Å²) >= 11 is 12.9. The third-order valence-corrected chi connectivity index (χ3v) is 6.72. The average Bonchev–Trinajstić information content (AvgIpc) is 3.35. The van der Waals surface area contributed by atoms with Gasteiger partial charge in [-0.2, -0.15) is 10.2 Å². The van der Waals surface area contributed by atoms with Crippen molar-refractivity contribution in [3.8, 4) is 5.69 Å². The number of aromatic nitrogens is 5. The van der Waals surface area contributed by atoms with Crippen LogP contribution in [0.25, 0.3) is 11.2 Å². The second-order valence-electron chi connectivity index (χ2n) is 8.55. The fourth-order valence-corrected chi connectivity index (χ4v) is 5.04. The molecule has 8 nitrogen and oxygen atoms in total. The third-order valence-electron chi connectivity index (χ3n) is 6.12. The van der Waals surface area contributed by atoms with Crippen molar-refractivity contribution in [2.75, 3.05) is 6.61 Å². The molecule has 1 amide bonds. The topological polar surface area (TPSA) is 97.3 Å². The number of aliphatic hydroxyl groups excluding tert-OH is 1. The molecule has 1 aliphatic carbocycles. The summed E-state index contributed by atoms with van der Waals surface area (Å²) in [5.41, 5.74) is 4.03. The number of rotatable bonds is 4. The second-order valence-corrected chi connectivity index (χ2v) is 9.37.